The summed E-state index contributed by atoms with van der Waals surface area (Å²) >= 11 is 0. The molecule has 0 radical (unpaired) electrons. The molecule has 5 heteroatoms. The third-order valence-corrected chi connectivity index (χ3v) is 5.14. The highest BCUT2D eigenvalue weighted by atomic mass is 16.4. The number of carbonyl (C=O) groups is 2. The van der Waals surface area contributed by atoms with Crippen LogP contribution in [0.3, 0.4) is 0 Å². The summed E-state index contributed by atoms with van der Waals surface area (Å²) in [4.78, 5) is 25.4. The van der Waals surface area contributed by atoms with Crippen LogP contribution in [0.25, 0.3) is 0 Å². The zero-order valence-electron chi connectivity index (χ0n) is 17.1. The first kappa shape index (κ1) is 22.8. The van der Waals surface area contributed by atoms with E-state index in [1.54, 1.807) is 0 Å². The molecular weight excluding hydrogens is 332 g/mol. The molecule has 1 rings (SSSR count). The van der Waals surface area contributed by atoms with Crippen molar-refractivity contribution in [3.8, 4) is 0 Å². The van der Waals surface area contributed by atoms with Gasteiger partial charge in [0.2, 0.25) is 0 Å². The molecule has 0 unspecified atom stereocenters. The molecule has 0 bridgehead atoms. The first-order valence-corrected chi connectivity index (χ1v) is 9.84. The second kappa shape index (κ2) is 9.14. The van der Waals surface area contributed by atoms with Crippen molar-refractivity contribution in [1.29, 1.82) is 0 Å². The van der Waals surface area contributed by atoms with Crippen LogP contribution in [0.2, 0.25) is 0 Å². The Kier molecular flexibility index (Phi) is 8.03. The summed E-state index contributed by atoms with van der Waals surface area (Å²) in [6.45, 7) is 11.7. The number of hydrogen-bond donors (Lipinski definition) is 3. The quantitative estimate of drug-likeness (QED) is 0.512. The van der Waals surface area contributed by atoms with Crippen molar-refractivity contribution in [2.24, 2.45) is 23.7 Å². The van der Waals surface area contributed by atoms with E-state index in [9.17, 15) is 24.9 Å². The van der Waals surface area contributed by atoms with E-state index in [0.717, 1.165) is 0 Å². The standard InChI is InChI=1S/C21H36O5/c1-12(2)7-9-15-19(24)18(16(22)11-14(5)6)20(25)21(15,26)17(23)10-8-13(3)4/h12-15,17,23,25-26H,7-11H2,1-6H3/t15-,17-,21-/m1/s1. The van der Waals surface area contributed by atoms with Crippen molar-refractivity contribution in [3.05, 3.63) is 11.3 Å². The van der Waals surface area contributed by atoms with Crippen LogP contribution in [0.4, 0.5) is 0 Å². The zero-order chi connectivity index (χ0) is 20.2. The molecule has 0 aliphatic heterocycles. The Bertz CT molecular complexity index is 547. The van der Waals surface area contributed by atoms with Gasteiger partial charge in [0, 0.05) is 6.42 Å². The van der Waals surface area contributed by atoms with Crippen molar-refractivity contribution in [1.82, 2.24) is 0 Å². The lowest BCUT2D eigenvalue weighted by atomic mass is 9.78. The van der Waals surface area contributed by atoms with Crippen LogP contribution in [0.5, 0.6) is 0 Å². The molecule has 3 atom stereocenters. The van der Waals surface area contributed by atoms with Crippen LogP contribution in [-0.4, -0.2) is 38.6 Å². The van der Waals surface area contributed by atoms with E-state index in [1.807, 2.05) is 41.5 Å². The van der Waals surface area contributed by atoms with Gasteiger partial charge in [-0.05, 0) is 37.0 Å². The van der Waals surface area contributed by atoms with Crippen LogP contribution in [-0.2, 0) is 9.59 Å². The molecule has 1 aliphatic rings. The second-order valence-corrected chi connectivity index (χ2v) is 8.95. The van der Waals surface area contributed by atoms with Crippen molar-refractivity contribution >= 4 is 11.6 Å². The molecule has 0 aromatic carbocycles. The third-order valence-electron chi connectivity index (χ3n) is 5.14. The fourth-order valence-electron chi connectivity index (χ4n) is 3.55. The van der Waals surface area contributed by atoms with E-state index >= 15 is 0 Å². The molecule has 0 heterocycles. The second-order valence-electron chi connectivity index (χ2n) is 8.95. The molecule has 5 nitrogen and oxygen atoms in total. The summed E-state index contributed by atoms with van der Waals surface area (Å²) in [6, 6.07) is 0. The normalized spacial score (nSPS) is 25.0. The summed E-state index contributed by atoms with van der Waals surface area (Å²) in [6.07, 6.45) is 0.741. The number of carbonyl (C=O) groups excluding carboxylic acids is 2. The molecule has 26 heavy (non-hydrogen) atoms. The van der Waals surface area contributed by atoms with Gasteiger partial charge in [0.15, 0.2) is 17.2 Å². The monoisotopic (exact) mass is 368 g/mol. The van der Waals surface area contributed by atoms with Crippen LogP contribution >= 0.6 is 0 Å². The average molecular weight is 369 g/mol. The molecule has 3 N–H and O–H groups in total. The number of aliphatic hydroxyl groups excluding tert-OH is 2. The average Bonchev–Trinajstić information content (AvgIpc) is 2.69. The summed E-state index contributed by atoms with van der Waals surface area (Å²) in [5, 5.41) is 32.5. The van der Waals surface area contributed by atoms with E-state index in [0.29, 0.717) is 31.1 Å². The maximum atomic E-state index is 12.9. The van der Waals surface area contributed by atoms with Crippen molar-refractivity contribution < 1.29 is 24.9 Å². The van der Waals surface area contributed by atoms with Gasteiger partial charge in [0.05, 0.1) is 12.0 Å². The van der Waals surface area contributed by atoms with Gasteiger partial charge in [-0.25, -0.2) is 0 Å². The van der Waals surface area contributed by atoms with E-state index in [1.165, 1.54) is 0 Å². The smallest absolute Gasteiger partial charge is 0.176 e. The highest BCUT2D eigenvalue weighted by Gasteiger charge is 2.58. The molecule has 0 saturated carbocycles. The summed E-state index contributed by atoms with van der Waals surface area (Å²) in [5.41, 5.74) is -2.37. The summed E-state index contributed by atoms with van der Waals surface area (Å²) in [7, 11) is 0. The number of rotatable bonds is 10. The molecule has 0 fully saturated rings. The van der Waals surface area contributed by atoms with Gasteiger partial charge < -0.3 is 15.3 Å². The van der Waals surface area contributed by atoms with Gasteiger partial charge in [-0.3, -0.25) is 9.59 Å². The largest absolute Gasteiger partial charge is 0.508 e. The van der Waals surface area contributed by atoms with Crippen molar-refractivity contribution in [3.63, 3.8) is 0 Å². The van der Waals surface area contributed by atoms with Crippen LogP contribution < -0.4 is 0 Å². The Hall–Kier alpha value is -1.20. The first-order chi connectivity index (χ1) is 11.9. The molecule has 150 valence electrons. The fraction of sp³-hybridized carbons (Fsp3) is 0.810. The minimum atomic E-state index is -2.07. The highest BCUT2D eigenvalue weighted by Crippen LogP contribution is 2.44. The lowest BCUT2D eigenvalue weighted by Gasteiger charge is -2.34. The Morgan fingerprint density at radius 2 is 1.54 bits per heavy atom. The van der Waals surface area contributed by atoms with E-state index < -0.39 is 34.9 Å². The first-order valence-electron chi connectivity index (χ1n) is 9.84. The van der Waals surface area contributed by atoms with Gasteiger partial charge in [-0.1, -0.05) is 48.0 Å². The SMILES string of the molecule is CC(C)CC[C@@H](O)[C@@]1(O)C(O)=C(C(=O)CC(C)C)C(=O)[C@H]1CCC(C)C. The Balaban J connectivity index is 3.24. The van der Waals surface area contributed by atoms with E-state index in [-0.39, 0.29) is 24.3 Å². The molecule has 0 amide bonds. The van der Waals surface area contributed by atoms with Crippen LogP contribution in [0.15, 0.2) is 11.3 Å². The maximum absolute atomic E-state index is 12.9. The number of Topliss-reactive ketones (excluding diaryl/α,β-unsaturated/α-hetero) is 2. The minimum absolute atomic E-state index is 0.0317. The van der Waals surface area contributed by atoms with Gasteiger partial charge in [0.1, 0.15) is 11.3 Å². The Labute approximate surface area is 157 Å². The fourth-order valence-corrected chi connectivity index (χ4v) is 3.55. The number of ketones is 2. The lowest BCUT2D eigenvalue weighted by molar-refractivity contribution is -0.137. The van der Waals surface area contributed by atoms with Gasteiger partial charge in [-0.15, -0.1) is 0 Å². The maximum Gasteiger partial charge on any atom is 0.176 e. The summed E-state index contributed by atoms with van der Waals surface area (Å²) in [5.74, 6) is -1.94. The molecule has 1 aliphatic carbocycles. The number of allylic oxidation sites excluding steroid dienone is 1. The number of hydrogen-bond acceptors (Lipinski definition) is 5. The molecule has 0 spiro atoms. The zero-order valence-corrected chi connectivity index (χ0v) is 17.1. The lowest BCUT2D eigenvalue weighted by Crippen LogP contribution is -2.49. The van der Waals surface area contributed by atoms with Crippen molar-refractivity contribution in [2.45, 2.75) is 85.4 Å². The van der Waals surface area contributed by atoms with Gasteiger partial charge in [-0.2, -0.15) is 0 Å². The number of aliphatic hydroxyl groups is 3. The van der Waals surface area contributed by atoms with E-state index in [2.05, 4.69) is 0 Å². The highest BCUT2D eigenvalue weighted by molar-refractivity contribution is 6.23. The van der Waals surface area contributed by atoms with Crippen LogP contribution in [0, 0.1) is 23.7 Å². The third kappa shape index (κ3) is 4.95. The van der Waals surface area contributed by atoms with Gasteiger partial charge in [0.25, 0.3) is 0 Å². The molecule has 0 saturated heterocycles. The molecular formula is C21H36O5. The predicted molar refractivity (Wildman–Crippen MR) is 102 cm³/mol. The van der Waals surface area contributed by atoms with Crippen molar-refractivity contribution in [2.75, 3.05) is 0 Å². The Morgan fingerprint density at radius 3 is 2.00 bits per heavy atom. The molecule has 0 aromatic rings. The predicted octanol–water partition coefficient (Wildman–Crippen LogP) is 3.58. The van der Waals surface area contributed by atoms with Crippen LogP contribution in [0.1, 0.15) is 73.6 Å². The minimum Gasteiger partial charge on any atom is -0.508 e. The van der Waals surface area contributed by atoms with E-state index in [4.69, 9.17) is 0 Å². The molecule has 0 aromatic heterocycles. The Morgan fingerprint density at radius 1 is 1.00 bits per heavy atom. The summed E-state index contributed by atoms with van der Waals surface area (Å²) < 4.78 is 0. The topological polar surface area (TPSA) is 94.8 Å². The van der Waals surface area contributed by atoms with Gasteiger partial charge >= 0.3 is 0 Å².